The smallest absolute Gasteiger partial charge is 0.251 e. The fraction of sp³-hybridized carbons (Fsp3) is 0.417. The highest BCUT2D eigenvalue weighted by atomic mass is 19.2. The van der Waals surface area contributed by atoms with Gasteiger partial charge in [-0.15, -0.1) is 0 Å². The van der Waals surface area contributed by atoms with Crippen molar-refractivity contribution >= 4 is 5.82 Å². The first-order chi connectivity index (χ1) is 8.16. The van der Waals surface area contributed by atoms with E-state index in [1.165, 1.54) is 5.57 Å². The quantitative estimate of drug-likeness (QED) is 0.646. The van der Waals surface area contributed by atoms with Gasteiger partial charge in [-0.3, -0.25) is 0 Å². The van der Waals surface area contributed by atoms with Gasteiger partial charge < -0.3 is 5.32 Å². The molecule has 2 rings (SSSR count). The summed E-state index contributed by atoms with van der Waals surface area (Å²) >= 11 is 0. The number of pyridine rings is 1. The molecule has 0 bridgehead atoms. The van der Waals surface area contributed by atoms with Crippen LogP contribution in [0.2, 0.25) is 0 Å². The topological polar surface area (TPSA) is 24.9 Å². The standard InChI is InChI=1S/C12H13F3N2/c13-9-7-10(14)12(17-11(9)15)16-6-5-8-3-1-2-4-8/h3,7H,1-2,4-6H2,(H,16,17). The molecule has 92 valence electrons. The van der Waals surface area contributed by atoms with Crippen molar-refractivity contribution in [2.75, 3.05) is 11.9 Å². The Kier molecular flexibility index (Phi) is 3.66. The van der Waals surface area contributed by atoms with Crippen LogP contribution in [0.1, 0.15) is 25.7 Å². The van der Waals surface area contributed by atoms with E-state index in [4.69, 9.17) is 0 Å². The summed E-state index contributed by atoms with van der Waals surface area (Å²) in [7, 11) is 0. The number of hydrogen-bond acceptors (Lipinski definition) is 2. The molecule has 5 heteroatoms. The minimum absolute atomic E-state index is 0.234. The van der Waals surface area contributed by atoms with Gasteiger partial charge in [0.1, 0.15) is 0 Å². The van der Waals surface area contributed by atoms with Crippen LogP contribution in [0.5, 0.6) is 0 Å². The first-order valence-corrected chi connectivity index (χ1v) is 5.60. The third-order valence-electron chi connectivity index (χ3n) is 2.76. The summed E-state index contributed by atoms with van der Waals surface area (Å²) in [5, 5.41) is 2.67. The fourth-order valence-electron chi connectivity index (χ4n) is 1.87. The molecule has 0 saturated heterocycles. The molecule has 1 heterocycles. The number of rotatable bonds is 4. The molecule has 1 N–H and O–H groups in total. The van der Waals surface area contributed by atoms with Crippen molar-refractivity contribution in [1.82, 2.24) is 4.98 Å². The predicted octanol–water partition coefficient (Wildman–Crippen LogP) is 3.41. The molecular weight excluding hydrogens is 229 g/mol. The lowest BCUT2D eigenvalue weighted by Crippen LogP contribution is -2.08. The number of nitrogens with zero attached hydrogens (tertiary/aromatic N) is 1. The van der Waals surface area contributed by atoms with E-state index in [9.17, 15) is 13.2 Å². The van der Waals surface area contributed by atoms with Crippen molar-refractivity contribution in [3.05, 3.63) is 35.3 Å². The highest BCUT2D eigenvalue weighted by Crippen LogP contribution is 2.21. The van der Waals surface area contributed by atoms with E-state index in [1.54, 1.807) is 0 Å². The lowest BCUT2D eigenvalue weighted by Gasteiger charge is -2.07. The molecule has 1 aliphatic carbocycles. The van der Waals surface area contributed by atoms with Crippen LogP contribution in [-0.4, -0.2) is 11.5 Å². The third-order valence-corrected chi connectivity index (χ3v) is 2.76. The molecule has 0 amide bonds. The van der Waals surface area contributed by atoms with Crippen molar-refractivity contribution in [1.29, 1.82) is 0 Å². The minimum atomic E-state index is -1.28. The second-order valence-corrected chi connectivity index (χ2v) is 4.02. The molecule has 17 heavy (non-hydrogen) atoms. The van der Waals surface area contributed by atoms with Crippen LogP contribution in [0.4, 0.5) is 19.0 Å². The molecule has 0 spiro atoms. The van der Waals surface area contributed by atoms with E-state index in [2.05, 4.69) is 16.4 Å². The number of halogens is 3. The summed E-state index contributed by atoms with van der Waals surface area (Å²) in [5.74, 6) is -3.66. The number of allylic oxidation sites excluding steroid dienone is 1. The maximum absolute atomic E-state index is 13.2. The summed E-state index contributed by atoms with van der Waals surface area (Å²) in [6.45, 7) is 0.473. The Morgan fingerprint density at radius 3 is 2.76 bits per heavy atom. The molecule has 1 aromatic heterocycles. The van der Waals surface area contributed by atoms with Gasteiger partial charge in [0.25, 0.3) is 5.95 Å². The van der Waals surface area contributed by atoms with Crippen molar-refractivity contribution < 1.29 is 13.2 Å². The molecular formula is C12H13F3N2. The molecule has 1 aromatic rings. The van der Waals surface area contributed by atoms with Gasteiger partial charge in [-0.2, -0.15) is 9.37 Å². The normalized spacial score (nSPS) is 14.9. The Hall–Kier alpha value is -1.52. The van der Waals surface area contributed by atoms with Gasteiger partial charge in [-0.1, -0.05) is 11.6 Å². The lowest BCUT2D eigenvalue weighted by atomic mass is 10.2. The lowest BCUT2D eigenvalue weighted by molar-refractivity contribution is 0.466. The van der Waals surface area contributed by atoms with Crippen LogP contribution >= 0.6 is 0 Å². The van der Waals surface area contributed by atoms with Crippen molar-refractivity contribution in [2.24, 2.45) is 0 Å². The number of nitrogens with one attached hydrogen (secondary N) is 1. The fourth-order valence-corrected chi connectivity index (χ4v) is 1.87. The Balaban J connectivity index is 1.92. The Morgan fingerprint density at radius 1 is 1.24 bits per heavy atom. The predicted molar refractivity (Wildman–Crippen MR) is 59.2 cm³/mol. The van der Waals surface area contributed by atoms with Gasteiger partial charge in [0.05, 0.1) is 0 Å². The molecule has 0 unspecified atom stereocenters. The maximum Gasteiger partial charge on any atom is 0.251 e. The van der Waals surface area contributed by atoms with E-state index in [-0.39, 0.29) is 5.82 Å². The van der Waals surface area contributed by atoms with Crippen LogP contribution in [0.3, 0.4) is 0 Å². The summed E-state index contributed by atoms with van der Waals surface area (Å²) < 4.78 is 38.6. The zero-order chi connectivity index (χ0) is 12.3. The minimum Gasteiger partial charge on any atom is -0.367 e. The van der Waals surface area contributed by atoms with Crippen LogP contribution in [0.15, 0.2) is 17.7 Å². The first kappa shape index (κ1) is 12.0. The second kappa shape index (κ2) is 5.21. The van der Waals surface area contributed by atoms with Gasteiger partial charge in [0.15, 0.2) is 17.5 Å². The Bertz CT molecular complexity index is 444. The summed E-state index contributed by atoms with van der Waals surface area (Å²) in [6.07, 6.45) is 6.26. The Labute approximate surface area is 97.6 Å². The van der Waals surface area contributed by atoms with Crippen molar-refractivity contribution in [3.63, 3.8) is 0 Å². The molecule has 0 aromatic carbocycles. The number of aromatic nitrogens is 1. The van der Waals surface area contributed by atoms with Crippen LogP contribution in [0.25, 0.3) is 0 Å². The molecule has 0 atom stereocenters. The van der Waals surface area contributed by atoms with Gasteiger partial charge in [0, 0.05) is 12.6 Å². The molecule has 0 radical (unpaired) electrons. The van der Waals surface area contributed by atoms with Gasteiger partial charge in [-0.25, -0.2) is 8.78 Å². The van der Waals surface area contributed by atoms with E-state index < -0.39 is 17.6 Å². The van der Waals surface area contributed by atoms with Crippen molar-refractivity contribution in [2.45, 2.75) is 25.7 Å². The molecule has 1 aliphatic rings. The zero-order valence-corrected chi connectivity index (χ0v) is 9.27. The first-order valence-electron chi connectivity index (χ1n) is 5.60. The van der Waals surface area contributed by atoms with Gasteiger partial charge in [-0.05, 0) is 25.7 Å². The largest absolute Gasteiger partial charge is 0.367 e. The molecule has 0 aliphatic heterocycles. The highest BCUT2D eigenvalue weighted by Gasteiger charge is 2.11. The average molecular weight is 242 g/mol. The number of anilines is 1. The van der Waals surface area contributed by atoms with Gasteiger partial charge in [0.2, 0.25) is 0 Å². The highest BCUT2D eigenvalue weighted by molar-refractivity contribution is 5.36. The van der Waals surface area contributed by atoms with Crippen LogP contribution in [0, 0.1) is 17.6 Å². The number of hydrogen-bond donors (Lipinski definition) is 1. The third kappa shape index (κ3) is 2.99. The SMILES string of the molecule is Fc1cc(F)c(NCCC2=CCCC2)nc1F. The van der Waals surface area contributed by atoms with E-state index >= 15 is 0 Å². The summed E-state index contributed by atoms with van der Waals surface area (Å²) in [5.41, 5.74) is 1.32. The zero-order valence-electron chi connectivity index (χ0n) is 9.27. The van der Waals surface area contributed by atoms with E-state index in [0.29, 0.717) is 12.6 Å². The maximum atomic E-state index is 13.2. The second-order valence-electron chi connectivity index (χ2n) is 4.02. The van der Waals surface area contributed by atoms with E-state index in [0.717, 1.165) is 25.7 Å². The molecule has 0 fully saturated rings. The average Bonchev–Trinajstić information content (AvgIpc) is 2.78. The molecule has 2 nitrogen and oxygen atoms in total. The van der Waals surface area contributed by atoms with E-state index in [1.807, 2.05) is 0 Å². The van der Waals surface area contributed by atoms with Crippen LogP contribution < -0.4 is 5.32 Å². The molecule has 0 saturated carbocycles. The Morgan fingerprint density at radius 2 is 2.06 bits per heavy atom. The van der Waals surface area contributed by atoms with Crippen LogP contribution in [-0.2, 0) is 0 Å². The monoisotopic (exact) mass is 242 g/mol. The summed E-state index contributed by atoms with van der Waals surface area (Å²) in [4.78, 5) is 3.19. The van der Waals surface area contributed by atoms with Gasteiger partial charge >= 0.3 is 0 Å². The van der Waals surface area contributed by atoms with Crippen molar-refractivity contribution in [3.8, 4) is 0 Å². The summed E-state index contributed by atoms with van der Waals surface area (Å²) in [6, 6.07) is 0.500.